The Morgan fingerprint density at radius 1 is 0.941 bits per heavy atom. The van der Waals surface area contributed by atoms with E-state index in [-0.39, 0.29) is 5.75 Å². The molecule has 1 aliphatic carbocycles. The number of alkyl halides is 3. The SMILES string of the molecule is FC(F)(F)Oc1[c]ccc2c1-c1ccccc1-2. The molecule has 0 fully saturated rings. The van der Waals surface area contributed by atoms with Crippen LogP contribution in [-0.4, -0.2) is 6.36 Å². The van der Waals surface area contributed by atoms with Gasteiger partial charge < -0.3 is 4.74 Å². The quantitative estimate of drug-likeness (QED) is 0.618. The highest BCUT2D eigenvalue weighted by atomic mass is 19.4. The second kappa shape index (κ2) is 3.26. The van der Waals surface area contributed by atoms with E-state index in [1.54, 1.807) is 18.2 Å². The summed E-state index contributed by atoms with van der Waals surface area (Å²) in [6, 6.07) is 12.9. The van der Waals surface area contributed by atoms with Crippen molar-refractivity contribution in [3.8, 4) is 28.0 Å². The minimum atomic E-state index is -4.68. The van der Waals surface area contributed by atoms with Crippen LogP contribution in [-0.2, 0) is 0 Å². The molecule has 0 unspecified atom stereocenters. The van der Waals surface area contributed by atoms with E-state index in [0.717, 1.165) is 16.7 Å². The molecular formula is C13H6F3O. The Hall–Kier alpha value is -1.97. The molecule has 0 amide bonds. The van der Waals surface area contributed by atoms with Crippen LogP contribution in [0.4, 0.5) is 13.2 Å². The van der Waals surface area contributed by atoms with Crippen molar-refractivity contribution in [2.75, 3.05) is 0 Å². The van der Waals surface area contributed by atoms with Crippen LogP contribution in [0.15, 0.2) is 36.4 Å². The number of fused-ring (bicyclic) bond motifs is 4. The van der Waals surface area contributed by atoms with Crippen LogP contribution >= 0.6 is 0 Å². The minimum Gasteiger partial charge on any atom is -0.404 e. The van der Waals surface area contributed by atoms with Crippen molar-refractivity contribution in [1.29, 1.82) is 0 Å². The molecule has 1 nitrogen and oxygen atoms in total. The molecule has 17 heavy (non-hydrogen) atoms. The maximum atomic E-state index is 12.2. The van der Waals surface area contributed by atoms with Gasteiger partial charge in [0.05, 0.1) is 0 Å². The van der Waals surface area contributed by atoms with Crippen LogP contribution in [0.3, 0.4) is 0 Å². The third-order valence-electron chi connectivity index (χ3n) is 2.67. The molecule has 2 aromatic rings. The van der Waals surface area contributed by atoms with E-state index in [9.17, 15) is 13.2 Å². The van der Waals surface area contributed by atoms with Gasteiger partial charge in [0.2, 0.25) is 0 Å². The number of hydrogen-bond donors (Lipinski definition) is 0. The normalized spacial score (nSPS) is 12.4. The summed E-state index contributed by atoms with van der Waals surface area (Å²) in [5.41, 5.74) is 2.99. The zero-order valence-corrected chi connectivity index (χ0v) is 8.51. The Labute approximate surface area is 95.5 Å². The van der Waals surface area contributed by atoms with E-state index in [1.165, 1.54) is 6.07 Å². The lowest BCUT2D eigenvalue weighted by Crippen LogP contribution is -2.18. The average Bonchev–Trinajstić information content (AvgIpc) is 2.23. The highest BCUT2D eigenvalue weighted by molar-refractivity contribution is 6.04. The van der Waals surface area contributed by atoms with E-state index in [2.05, 4.69) is 10.8 Å². The number of benzene rings is 2. The molecule has 0 atom stereocenters. The van der Waals surface area contributed by atoms with Crippen molar-refractivity contribution in [2.45, 2.75) is 6.36 Å². The third kappa shape index (κ3) is 1.56. The zero-order valence-electron chi connectivity index (χ0n) is 8.51. The number of rotatable bonds is 1. The lowest BCUT2D eigenvalue weighted by molar-refractivity contribution is -0.274. The highest BCUT2D eigenvalue weighted by Gasteiger charge is 2.35. The van der Waals surface area contributed by atoms with Crippen LogP contribution in [0.25, 0.3) is 22.3 Å². The molecule has 1 radical (unpaired) electrons. The largest absolute Gasteiger partial charge is 0.573 e. The van der Waals surface area contributed by atoms with E-state index in [1.807, 2.05) is 12.1 Å². The molecule has 4 heteroatoms. The van der Waals surface area contributed by atoms with Gasteiger partial charge in [-0.15, -0.1) is 13.2 Å². The maximum absolute atomic E-state index is 12.2. The molecule has 0 heterocycles. The fraction of sp³-hybridized carbons (Fsp3) is 0.0769. The van der Waals surface area contributed by atoms with E-state index in [4.69, 9.17) is 0 Å². The molecular weight excluding hydrogens is 229 g/mol. The summed E-state index contributed by atoms with van der Waals surface area (Å²) in [5, 5.41) is 0. The molecule has 85 valence electrons. The topological polar surface area (TPSA) is 9.23 Å². The van der Waals surface area contributed by atoms with Crippen molar-refractivity contribution < 1.29 is 17.9 Å². The molecule has 1 aliphatic rings. The van der Waals surface area contributed by atoms with Gasteiger partial charge >= 0.3 is 6.36 Å². The van der Waals surface area contributed by atoms with Crippen LogP contribution in [0.1, 0.15) is 0 Å². The fourth-order valence-electron chi connectivity index (χ4n) is 2.04. The lowest BCUT2D eigenvalue weighted by Gasteiger charge is -2.26. The Balaban J connectivity index is 2.09. The van der Waals surface area contributed by atoms with Gasteiger partial charge in [0, 0.05) is 11.6 Å². The summed E-state index contributed by atoms with van der Waals surface area (Å²) in [6.07, 6.45) is -4.68. The first-order valence-corrected chi connectivity index (χ1v) is 4.96. The maximum Gasteiger partial charge on any atom is 0.573 e. The van der Waals surface area contributed by atoms with Gasteiger partial charge in [0.25, 0.3) is 0 Å². The third-order valence-corrected chi connectivity index (χ3v) is 2.67. The first-order chi connectivity index (χ1) is 8.06. The predicted octanol–water partition coefficient (Wildman–Crippen LogP) is 4.03. The van der Waals surface area contributed by atoms with Crippen molar-refractivity contribution in [1.82, 2.24) is 0 Å². The summed E-state index contributed by atoms with van der Waals surface area (Å²) in [7, 11) is 0. The van der Waals surface area contributed by atoms with Crippen LogP contribution in [0.2, 0.25) is 0 Å². The van der Waals surface area contributed by atoms with E-state index >= 15 is 0 Å². The monoisotopic (exact) mass is 235 g/mol. The molecule has 0 saturated heterocycles. The van der Waals surface area contributed by atoms with Gasteiger partial charge in [-0.1, -0.05) is 30.3 Å². The van der Waals surface area contributed by atoms with Crippen molar-refractivity contribution in [3.63, 3.8) is 0 Å². The first-order valence-electron chi connectivity index (χ1n) is 4.96. The Bertz CT molecular complexity index is 587. The van der Waals surface area contributed by atoms with E-state index < -0.39 is 6.36 Å². The van der Waals surface area contributed by atoms with Crippen molar-refractivity contribution in [2.24, 2.45) is 0 Å². The molecule has 0 aromatic heterocycles. The molecule has 0 aliphatic heterocycles. The summed E-state index contributed by atoms with van der Waals surface area (Å²) < 4.78 is 40.6. The van der Waals surface area contributed by atoms with Crippen molar-refractivity contribution >= 4 is 0 Å². The summed E-state index contributed by atoms with van der Waals surface area (Å²) in [5.74, 6) is -0.256. The highest BCUT2D eigenvalue weighted by Crippen LogP contribution is 2.51. The van der Waals surface area contributed by atoms with Gasteiger partial charge in [-0.05, 0) is 22.8 Å². The summed E-state index contributed by atoms with van der Waals surface area (Å²) in [4.78, 5) is 0. The lowest BCUT2D eigenvalue weighted by atomic mass is 9.80. The van der Waals surface area contributed by atoms with Gasteiger partial charge in [0.15, 0.2) is 0 Å². The van der Waals surface area contributed by atoms with Gasteiger partial charge in [0.1, 0.15) is 5.75 Å². The van der Waals surface area contributed by atoms with Gasteiger partial charge in [-0.3, -0.25) is 0 Å². The molecule has 0 N–H and O–H groups in total. The van der Waals surface area contributed by atoms with Crippen LogP contribution < -0.4 is 4.74 Å². The number of halogens is 3. The van der Waals surface area contributed by atoms with Crippen molar-refractivity contribution in [3.05, 3.63) is 42.5 Å². The van der Waals surface area contributed by atoms with Crippen LogP contribution in [0, 0.1) is 6.07 Å². The number of hydrogen-bond acceptors (Lipinski definition) is 1. The Morgan fingerprint density at radius 3 is 2.35 bits per heavy atom. The zero-order chi connectivity index (χ0) is 12.0. The van der Waals surface area contributed by atoms with Crippen LogP contribution in [0.5, 0.6) is 5.75 Å². The second-order valence-electron chi connectivity index (χ2n) is 3.69. The first kappa shape index (κ1) is 10.2. The number of ether oxygens (including phenoxy) is 1. The molecule has 0 spiro atoms. The Kier molecular flexibility index (Phi) is 1.96. The molecule has 0 bridgehead atoms. The Morgan fingerprint density at radius 2 is 1.65 bits per heavy atom. The molecule has 0 saturated carbocycles. The minimum absolute atomic E-state index is 0.256. The smallest absolute Gasteiger partial charge is 0.404 e. The van der Waals surface area contributed by atoms with E-state index in [0.29, 0.717) is 5.56 Å². The predicted molar refractivity (Wildman–Crippen MR) is 56.4 cm³/mol. The standard InChI is InChI=1S/C13H6F3O/c14-13(15,16)17-11-7-3-6-10-8-4-1-2-5-9(8)12(10)11/h1-6H. The molecule has 3 rings (SSSR count). The van der Waals surface area contributed by atoms with Gasteiger partial charge in [-0.25, -0.2) is 0 Å². The second-order valence-corrected chi connectivity index (χ2v) is 3.69. The summed E-state index contributed by atoms with van der Waals surface area (Å²) >= 11 is 0. The molecule has 2 aromatic carbocycles. The fourth-order valence-corrected chi connectivity index (χ4v) is 2.04. The summed E-state index contributed by atoms with van der Waals surface area (Å²) in [6.45, 7) is 0. The average molecular weight is 235 g/mol. The van der Waals surface area contributed by atoms with Gasteiger partial charge in [-0.2, -0.15) is 0 Å².